The summed E-state index contributed by atoms with van der Waals surface area (Å²) in [6, 6.07) is 7.88. The monoisotopic (exact) mass is 352 g/mol. The first-order valence-electron chi connectivity index (χ1n) is 5.04. The number of carbonyl (C=O) groups excluding carboxylic acids is 1. The van der Waals surface area contributed by atoms with Crippen molar-refractivity contribution in [2.75, 3.05) is 0 Å². The van der Waals surface area contributed by atoms with E-state index in [4.69, 9.17) is 58.0 Å². The molecule has 0 aliphatic heterocycles. The maximum Gasteiger partial charge on any atom is 0.252 e. The second kappa shape index (κ2) is 5.90. The van der Waals surface area contributed by atoms with Crippen LogP contribution in [0.25, 0.3) is 11.1 Å². The van der Waals surface area contributed by atoms with Crippen molar-refractivity contribution in [2.24, 2.45) is 0 Å². The molecule has 0 N–H and O–H groups in total. The average Bonchev–Trinajstić information content (AvgIpc) is 2.32. The lowest BCUT2D eigenvalue weighted by Crippen LogP contribution is -1.91. The van der Waals surface area contributed by atoms with E-state index < -0.39 is 5.24 Å². The topological polar surface area (TPSA) is 17.1 Å². The maximum absolute atomic E-state index is 11.2. The number of halogens is 5. The lowest BCUT2D eigenvalue weighted by Gasteiger charge is -2.09. The highest BCUT2D eigenvalue weighted by Gasteiger charge is 2.12. The third-order valence-corrected chi connectivity index (χ3v) is 3.89. The van der Waals surface area contributed by atoms with Gasteiger partial charge in [0, 0.05) is 21.2 Å². The molecule has 1 nitrogen and oxygen atoms in total. The largest absolute Gasteiger partial charge is 0.276 e. The zero-order valence-corrected chi connectivity index (χ0v) is 13.0. The van der Waals surface area contributed by atoms with Gasteiger partial charge in [0.1, 0.15) is 0 Å². The van der Waals surface area contributed by atoms with Gasteiger partial charge in [-0.2, -0.15) is 0 Å². The van der Waals surface area contributed by atoms with Crippen molar-refractivity contribution in [3.8, 4) is 11.1 Å². The SMILES string of the molecule is O=C(Cl)c1cc(Cl)cc(-c2cc(Cl)cc(Cl)c2Cl)c1. The molecule has 2 rings (SSSR count). The fourth-order valence-electron chi connectivity index (χ4n) is 1.62. The molecular weight excluding hydrogens is 349 g/mol. The van der Waals surface area contributed by atoms with Gasteiger partial charge in [-0.3, -0.25) is 4.79 Å². The molecular formula is C13H5Cl5O. The smallest absolute Gasteiger partial charge is 0.252 e. The highest BCUT2D eigenvalue weighted by molar-refractivity contribution is 6.67. The molecule has 6 heteroatoms. The highest BCUT2D eigenvalue weighted by atomic mass is 35.5. The summed E-state index contributed by atoms with van der Waals surface area (Å²) in [5.41, 5.74) is 1.48. The second-order valence-electron chi connectivity index (χ2n) is 3.75. The molecule has 0 amide bonds. The second-order valence-corrected chi connectivity index (χ2v) is 5.75. The van der Waals surface area contributed by atoms with E-state index >= 15 is 0 Å². The Kier molecular flexibility index (Phi) is 4.65. The molecule has 0 aliphatic carbocycles. The quantitative estimate of drug-likeness (QED) is 0.454. The van der Waals surface area contributed by atoms with Gasteiger partial charge in [0.15, 0.2) is 0 Å². The fourth-order valence-corrected chi connectivity index (χ4v) is 2.68. The average molecular weight is 354 g/mol. The molecule has 0 aliphatic rings. The lowest BCUT2D eigenvalue weighted by atomic mass is 10.0. The number of benzene rings is 2. The van der Waals surface area contributed by atoms with E-state index in [1.165, 1.54) is 12.1 Å². The van der Waals surface area contributed by atoms with E-state index in [1.54, 1.807) is 18.2 Å². The van der Waals surface area contributed by atoms with Gasteiger partial charge < -0.3 is 0 Å². The van der Waals surface area contributed by atoms with Crippen LogP contribution in [0.2, 0.25) is 20.1 Å². The summed E-state index contributed by atoms with van der Waals surface area (Å²) in [4.78, 5) is 11.2. The molecule has 0 unspecified atom stereocenters. The van der Waals surface area contributed by atoms with Crippen molar-refractivity contribution < 1.29 is 4.79 Å². The fraction of sp³-hybridized carbons (Fsp3) is 0. The van der Waals surface area contributed by atoms with Crippen LogP contribution in [0.1, 0.15) is 10.4 Å². The Labute approximate surface area is 135 Å². The van der Waals surface area contributed by atoms with Crippen LogP contribution in [0.3, 0.4) is 0 Å². The molecule has 0 aromatic heterocycles. The summed E-state index contributed by atoms with van der Waals surface area (Å²) < 4.78 is 0. The van der Waals surface area contributed by atoms with Crippen molar-refractivity contribution >= 4 is 63.2 Å². The number of hydrogen-bond acceptors (Lipinski definition) is 1. The van der Waals surface area contributed by atoms with Gasteiger partial charge >= 0.3 is 0 Å². The van der Waals surface area contributed by atoms with Crippen LogP contribution >= 0.6 is 58.0 Å². The van der Waals surface area contributed by atoms with E-state index in [0.717, 1.165) is 0 Å². The predicted molar refractivity (Wildman–Crippen MR) is 82.1 cm³/mol. The van der Waals surface area contributed by atoms with Gasteiger partial charge in [0.2, 0.25) is 0 Å². The number of hydrogen-bond donors (Lipinski definition) is 0. The minimum Gasteiger partial charge on any atom is -0.276 e. The Hall–Kier alpha value is -0.440. The molecule has 0 radical (unpaired) electrons. The van der Waals surface area contributed by atoms with Gasteiger partial charge in [-0.15, -0.1) is 0 Å². The third kappa shape index (κ3) is 3.36. The molecule has 98 valence electrons. The van der Waals surface area contributed by atoms with Crippen LogP contribution in [0.4, 0.5) is 0 Å². The molecule has 0 atom stereocenters. The molecule has 19 heavy (non-hydrogen) atoms. The van der Waals surface area contributed by atoms with Crippen molar-refractivity contribution in [1.82, 2.24) is 0 Å². The summed E-state index contributed by atoms with van der Waals surface area (Å²) in [7, 11) is 0. The first-order chi connectivity index (χ1) is 8.88. The van der Waals surface area contributed by atoms with Gasteiger partial charge in [0.25, 0.3) is 5.24 Å². The molecule has 2 aromatic carbocycles. The molecule has 0 saturated heterocycles. The van der Waals surface area contributed by atoms with Crippen LogP contribution in [0.5, 0.6) is 0 Å². The van der Waals surface area contributed by atoms with Crippen LogP contribution in [0.15, 0.2) is 30.3 Å². The van der Waals surface area contributed by atoms with Crippen LogP contribution in [-0.4, -0.2) is 5.24 Å². The first-order valence-corrected chi connectivity index (χ1v) is 6.93. The highest BCUT2D eigenvalue weighted by Crippen LogP contribution is 2.37. The normalized spacial score (nSPS) is 10.6. The Morgan fingerprint density at radius 2 is 1.47 bits per heavy atom. The van der Waals surface area contributed by atoms with Crippen molar-refractivity contribution in [3.63, 3.8) is 0 Å². The van der Waals surface area contributed by atoms with E-state index in [-0.39, 0.29) is 5.56 Å². The van der Waals surface area contributed by atoms with Crippen molar-refractivity contribution in [1.29, 1.82) is 0 Å². The Morgan fingerprint density at radius 3 is 2.11 bits per heavy atom. The van der Waals surface area contributed by atoms with Crippen LogP contribution in [0, 0.1) is 0 Å². The zero-order chi connectivity index (χ0) is 14.2. The summed E-state index contributed by atoms with van der Waals surface area (Å²) in [6.07, 6.45) is 0. The molecule has 0 bridgehead atoms. The van der Waals surface area contributed by atoms with Gasteiger partial charge in [-0.05, 0) is 47.5 Å². The van der Waals surface area contributed by atoms with Gasteiger partial charge in [-0.1, -0.05) is 46.4 Å². The molecule has 0 fully saturated rings. The van der Waals surface area contributed by atoms with E-state index in [2.05, 4.69) is 0 Å². The lowest BCUT2D eigenvalue weighted by molar-refractivity contribution is 0.108. The summed E-state index contributed by atoms with van der Waals surface area (Å²) in [5.74, 6) is 0. The molecule has 2 aromatic rings. The van der Waals surface area contributed by atoms with E-state index in [1.807, 2.05) is 0 Å². The standard InChI is InChI=1S/C13H5Cl5O/c14-8-2-6(1-7(3-8)13(18)19)10-4-9(15)5-11(16)12(10)17/h1-5H. The van der Waals surface area contributed by atoms with Crippen LogP contribution in [-0.2, 0) is 0 Å². The van der Waals surface area contributed by atoms with Gasteiger partial charge in [0.05, 0.1) is 10.0 Å². The zero-order valence-electron chi connectivity index (χ0n) is 9.18. The molecule has 0 heterocycles. The van der Waals surface area contributed by atoms with E-state index in [0.29, 0.717) is 31.2 Å². The van der Waals surface area contributed by atoms with Crippen molar-refractivity contribution in [3.05, 3.63) is 56.0 Å². The number of rotatable bonds is 2. The van der Waals surface area contributed by atoms with E-state index in [9.17, 15) is 4.79 Å². The Bertz CT molecular complexity index is 666. The minimum atomic E-state index is -0.604. The first kappa shape index (κ1) is 15.0. The molecule has 0 saturated carbocycles. The summed E-state index contributed by atoms with van der Waals surface area (Å²) >= 11 is 29.5. The molecule has 0 spiro atoms. The third-order valence-electron chi connectivity index (χ3n) is 2.43. The predicted octanol–water partition coefficient (Wildman–Crippen LogP) is 6.35. The minimum absolute atomic E-state index is 0.274. The summed E-state index contributed by atoms with van der Waals surface area (Å²) in [6.45, 7) is 0. The number of carbonyl (C=O) groups is 1. The van der Waals surface area contributed by atoms with Gasteiger partial charge in [-0.25, -0.2) is 0 Å². The van der Waals surface area contributed by atoms with Crippen LogP contribution < -0.4 is 0 Å². The Balaban J connectivity index is 2.68. The summed E-state index contributed by atoms with van der Waals surface area (Å²) in [5, 5.41) is 0.856. The maximum atomic E-state index is 11.2. The Morgan fingerprint density at radius 1 is 0.842 bits per heavy atom. The van der Waals surface area contributed by atoms with Crippen molar-refractivity contribution in [2.45, 2.75) is 0 Å².